The van der Waals surface area contributed by atoms with Crippen LogP contribution >= 0.6 is 0 Å². The van der Waals surface area contributed by atoms with Crippen molar-refractivity contribution in [3.63, 3.8) is 0 Å². The number of hydrogen-bond donors (Lipinski definition) is 0. The fraction of sp³-hybridized carbons (Fsp3) is 0.500. The molecule has 1 aromatic rings. The summed E-state index contributed by atoms with van der Waals surface area (Å²) in [4.78, 5) is 13.3. The van der Waals surface area contributed by atoms with E-state index in [1.807, 2.05) is 30.0 Å². The van der Waals surface area contributed by atoms with Gasteiger partial charge in [0, 0.05) is 19.0 Å². The summed E-state index contributed by atoms with van der Waals surface area (Å²) in [5.41, 5.74) is 1.08. The van der Waals surface area contributed by atoms with Gasteiger partial charge in [-0.1, -0.05) is 6.07 Å². The van der Waals surface area contributed by atoms with E-state index in [9.17, 15) is 4.79 Å². The molecule has 0 spiro atoms. The van der Waals surface area contributed by atoms with Gasteiger partial charge in [0.1, 0.15) is 18.1 Å². The Balaban J connectivity index is 1.84. The second kappa shape index (κ2) is 5.76. The van der Waals surface area contributed by atoms with Gasteiger partial charge in [0.25, 0.3) is 0 Å². The molecule has 18 heavy (non-hydrogen) atoms. The number of benzene rings is 1. The molecule has 1 aromatic carbocycles. The van der Waals surface area contributed by atoms with Crippen LogP contribution in [0.25, 0.3) is 0 Å². The molecule has 0 N–H and O–H groups in total. The number of aryl methyl sites for hydroxylation is 1. The highest BCUT2D eigenvalue weighted by molar-refractivity contribution is 5.78. The first kappa shape index (κ1) is 12.7. The van der Waals surface area contributed by atoms with Crippen LogP contribution < -0.4 is 9.47 Å². The number of carbonyl (C=O) groups is 1. The molecule has 0 saturated carbocycles. The maximum Gasteiger partial charge on any atom is 0.222 e. The van der Waals surface area contributed by atoms with Gasteiger partial charge in [-0.25, -0.2) is 0 Å². The highest BCUT2D eigenvalue weighted by atomic mass is 16.5. The Kier molecular flexibility index (Phi) is 4.07. The fourth-order valence-corrected chi connectivity index (χ4v) is 2.10. The Labute approximate surface area is 107 Å². The zero-order valence-electron chi connectivity index (χ0n) is 10.9. The van der Waals surface area contributed by atoms with Gasteiger partial charge >= 0.3 is 0 Å². The third-order valence-electron chi connectivity index (χ3n) is 3.18. The second-order valence-electron chi connectivity index (χ2n) is 4.46. The lowest BCUT2D eigenvalue weighted by Crippen LogP contribution is -2.29. The number of carbonyl (C=O) groups excluding carboxylic acids is 1. The Hall–Kier alpha value is -1.71. The summed E-state index contributed by atoms with van der Waals surface area (Å²) in [6, 6.07) is 5.76. The van der Waals surface area contributed by atoms with Gasteiger partial charge in [-0.3, -0.25) is 4.79 Å². The Bertz CT molecular complexity index is 431. The van der Waals surface area contributed by atoms with Crippen molar-refractivity contribution < 1.29 is 14.3 Å². The summed E-state index contributed by atoms with van der Waals surface area (Å²) in [5.74, 6) is 1.84. The molecule has 4 nitrogen and oxygen atoms in total. The van der Waals surface area contributed by atoms with Crippen LogP contribution in [0.4, 0.5) is 0 Å². The first-order chi connectivity index (χ1) is 8.70. The molecule has 0 radical (unpaired) electrons. The van der Waals surface area contributed by atoms with E-state index in [2.05, 4.69) is 0 Å². The predicted octanol–water partition coefficient (Wildman–Crippen LogP) is 2.00. The third-order valence-corrected chi connectivity index (χ3v) is 3.18. The molecule has 1 heterocycles. The van der Waals surface area contributed by atoms with Crippen molar-refractivity contribution in [3.8, 4) is 11.5 Å². The molecule has 1 aliphatic heterocycles. The van der Waals surface area contributed by atoms with E-state index in [-0.39, 0.29) is 5.91 Å². The minimum Gasteiger partial charge on any atom is -0.496 e. The zero-order valence-corrected chi connectivity index (χ0v) is 10.9. The highest BCUT2D eigenvalue weighted by Crippen LogP contribution is 2.23. The van der Waals surface area contributed by atoms with Gasteiger partial charge in [0.15, 0.2) is 0 Å². The van der Waals surface area contributed by atoms with Crippen LogP contribution in [0.2, 0.25) is 0 Å². The summed E-state index contributed by atoms with van der Waals surface area (Å²) in [6.45, 7) is 4.04. The predicted molar refractivity (Wildman–Crippen MR) is 69.0 cm³/mol. The van der Waals surface area contributed by atoms with Crippen molar-refractivity contribution in [1.82, 2.24) is 4.90 Å². The van der Waals surface area contributed by atoms with E-state index in [4.69, 9.17) is 9.47 Å². The van der Waals surface area contributed by atoms with Crippen molar-refractivity contribution in [1.29, 1.82) is 0 Å². The minimum atomic E-state index is 0.236. The largest absolute Gasteiger partial charge is 0.496 e. The summed E-state index contributed by atoms with van der Waals surface area (Å²) in [5, 5.41) is 0. The number of hydrogen-bond acceptors (Lipinski definition) is 3. The molecule has 0 bridgehead atoms. The molecule has 1 fully saturated rings. The SMILES string of the molecule is COc1cc(OCCN2CCCC2=O)ccc1C. The van der Waals surface area contributed by atoms with Gasteiger partial charge in [0.05, 0.1) is 13.7 Å². The maximum absolute atomic E-state index is 11.4. The lowest BCUT2D eigenvalue weighted by molar-refractivity contribution is -0.128. The quantitative estimate of drug-likeness (QED) is 0.801. The van der Waals surface area contributed by atoms with Gasteiger partial charge in [-0.15, -0.1) is 0 Å². The van der Waals surface area contributed by atoms with Crippen LogP contribution in [-0.2, 0) is 4.79 Å². The summed E-state index contributed by atoms with van der Waals surface area (Å²) < 4.78 is 10.9. The molecule has 2 rings (SSSR count). The number of likely N-dealkylation sites (tertiary alicyclic amines) is 1. The standard InChI is InChI=1S/C14H19NO3/c1-11-5-6-12(10-13(11)17-2)18-9-8-15-7-3-4-14(15)16/h5-6,10H,3-4,7-9H2,1-2H3. The number of nitrogens with zero attached hydrogens (tertiary/aromatic N) is 1. The van der Waals surface area contributed by atoms with Gasteiger partial charge < -0.3 is 14.4 Å². The molecule has 0 unspecified atom stereocenters. The van der Waals surface area contributed by atoms with E-state index in [0.717, 1.165) is 30.0 Å². The number of amides is 1. The zero-order chi connectivity index (χ0) is 13.0. The molecule has 1 saturated heterocycles. The monoisotopic (exact) mass is 249 g/mol. The maximum atomic E-state index is 11.4. The first-order valence-electron chi connectivity index (χ1n) is 6.26. The molecular weight excluding hydrogens is 230 g/mol. The Morgan fingerprint density at radius 2 is 2.22 bits per heavy atom. The van der Waals surface area contributed by atoms with Gasteiger partial charge in [-0.05, 0) is 25.0 Å². The van der Waals surface area contributed by atoms with Crippen molar-refractivity contribution in [2.45, 2.75) is 19.8 Å². The van der Waals surface area contributed by atoms with E-state index in [1.165, 1.54) is 0 Å². The third kappa shape index (κ3) is 2.94. The van der Waals surface area contributed by atoms with Crippen LogP contribution in [0, 0.1) is 6.92 Å². The van der Waals surface area contributed by atoms with Crippen LogP contribution in [0.3, 0.4) is 0 Å². The fourth-order valence-electron chi connectivity index (χ4n) is 2.10. The topological polar surface area (TPSA) is 38.8 Å². The average molecular weight is 249 g/mol. The van der Waals surface area contributed by atoms with Crippen LogP contribution in [0.5, 0.6) is 11.5 Å². The summed E-state index contributed by atoms with van der Waals surface area (Å²) in [6.07, 6.45) is 1.65. The van der Waals surface area contributed by atoms with E-state index < -0.39 is 0 Å². The first-order valence-corrected chi connectivity index (χ1v) is 6.26. The van der Waals surface area contributed by atoms with Crippen LogP contribution in [0.15, 0.2) is 18.2 Å². The second-order valence-corrected chi connectivity index (χ2v) is 4.46. The van der Waals surface area contributed by atoms with E-state index >= 15 is 0 Å². The summed E-state index contributed by atoms with van der Waals surface area (Å²) >= 11 is 0. The highest BCUT2D eigenvalue weighted by Gasteiger charge is 2.19. The summed E-state index contributed by atoms with van der Waals surface area (Å²) in [7, 11) is 1.65. The minimum absolute atomic E-state index is 0.236. The molecule has 1 aliphatic rings. The molecule has 98 valence electrons. The number of ether oxygens (including phenoxy) is 2. The molecule has 0 aromatic heterocycles. The van der Waals surface area contributed by atoms with Crippen molar-refractivity contribution in [2.75, 3.05) is 26.8 Å². The van der Waals surface area contributed by atoms with Crippen LogP contribution in [-0.4, -0.2) is 37.6 Å². The van der Waals surface area contributed by atoms with Crippen molar-refractivity contribution >= 4 is 5.91 Å². The van der Waals surface area contributed by atoms with Crippen molar-refractivity contribution in [2.24, 2.45) is 0 Å². The normalized spacial score (nSPS) is 15.0. The van der Waals surface area contributed by atoms with E-state index in [0.29, 0.717) is 19.6 Å². The molecule has 0 atom stereocenters. The molecule has 1 amide bonds. The smallest absolute Gasteiger partial charge is 0.222 e. The average Bonchev–Trinajstić information content (AvgIpc) is 2.77. The lowest BCUT2D eigenvalue weighted by Gasteiger charge is -2.16. The Morgan fingerprint density at radius 3 is 2.89 bits per heavy atom. The Morgan fingerprint density at radius 1 is 1.39 bits per heavy atom. The van der Waals surface area contributed by atoms with Gasteiger partial charge in [0.2, 0.25) is 5.91 Å². The van der Waals surface area contributed by atoms with Crippen LogP contribution in [0.1, 0.15) is 18.4 Å². The number of rotatable bonds is 5. The van der Waals surface area contributed by atoms with Crippen molar-refractivity contribution in [3.05, 3.63) is 23.8 Å². The lowest BCUT2D eigenvalue weighted by atomic mass is 10.2. The van der Waals surface area contributed by atoms with Gasteiger partial charge in [-0.2, -0.15) is 0 Å². The number of methoxy groups -OCH3 is 1. The molecular formula is C14H19NO3. The molecule has 4 heteroatoms. The van der Waals surface area contributed by atoms with E-state index in [1.54, 1.807) is 7.11 Å². The molecule has 0 aliphatic carbocycles.